The lowest BCUT2D eigenvalue weighted by Gasteiger charge is -2.39. The number of benzene rings is 1. The number of hydrogen-bond acceptors (Lipinski definition) is 13. The highest BCUT2D eigenvalue weighted by Gasteiger charge is 2.40. The van der Waals surface area contributed by atoms with Crippen LogP contribution in [-0.2, 0) is 49.3 Å². The van der Waals surface area contributed by atoms with E-state index in [1.807, 2.05) is 90.0 Å². The zero-order chi connectivity index (χ0) is 52.5. The van der Waals surface area contributed by atoms with Crippen LogP contribution < -0.4 is 16.0 Å². The average Bonchev–Trinajstić information content (AvgIpc) is 3.79. The number of nitrogens with one attached hydrogen (secondary N) is 3. The number of nitrogens with zero attached hydrogens (tertiary/aromatic N) is 3. The second-order valence-corrected chi connectivity index (χ2v) is 18.2. The standard InChI is InChI=1S/C22H43N3O4.C17H24N2O6.C7H15NO.C3H8.C2H6/c1-9-16(4)21(24(6)20(27)14-23-5)18(28-7)13-19(26)25-12-10-11-17(25)22(29-8)15(2)3;1-18-12-4-2-11(3-5-12)6-13(19-10-20)9-24-16-8-14(21)7-15(25-16)17(22)23;1-6(2)7(5-9)8(3)4;1-3-2;1-2/h15-18,21-23H,9-14H2,1-8H3;2-5,10,13-16,18,21H,6-9H2,1H3,(H,19,20)(H,22,23);5-7H,1-4H3;3H2,1-2H3;1-2H3. The maximum absolute atomic E-state index is 13.3. The van der Waals surface area contributed by atoms with Gasteiger partial charge in [0.1, 0.15) is 6.29 Å². The molecule has 0 saturated carbocycles. The average molecular weight is 969 g/mol. The number of anilines is 1. The van der Waals surface area contributed by atoms with E-state index in [1.54, 1.807) is 26.2 Å². The van der Waals surface area contributed by atoms with Gasteiger partial charge in [-0.2, -0.15) is 0 Å². The third kappa shape index (κ3) is 24.7. The van der Waals surface area contributed by atoms with Gasteiger partial charge in [0.2, 0.25) is 18.2 Å². The highest BCUT2D eigenvalue weighted by atomic mass is 16.7. The maximum Gasteiger partial charge on any atom is 0.333 e. The van der Waals surface area contributed by atoms with Crippen molar-refractivity contribution in [3.8, 4) is 0 Å². The van der Waals surface area contributed by atoms with Crippen LogP contribution in [0.25, 0.3) is 0 Å². The number of carbonyl (C=O) groups is 5. The van der Waals surface area contributed by atoms with Crippen LogP contribution in [0.4, 0.5) is 5.69 Å². The van der Waals surface area contributed by atoms with Crippen molar-refractivity contribution in [2.75, 3.05) is 74.5 Å². The first-order valence-electron chi connectivity index (χ1n) is 24.8. The number of amides is 3. The Bertz CT molecular complexity index is 1480. The second kappa shape index (κ2) is 38.1. The lowest BCUT2D eigenvalue weighted by Crippen LogP contribution is -2.53. The van der Waals surface area contributed by atoms with Crippen LogP contribution in [-0.4, -0.2) is 179 Å². The number of carbonyl (C=O) groups excluding carboxylic acids is 4. The number of likely N-dealkylation sites (tertiary alicyclic amines) is 1. The van der Waals surface area contributed by atoms with Crippen molar-refractivity contribution in [3.05, 3.63) is 29.8 Å². The fourth-order valence-electron chi connectivity index (χ4n) is 8.21. The van der Waals surface area contributed by atoms with Gasteiger partial charge in [-0.05, 0) is 75.9 Å². The number of aliphatic carboxylic acids is 1. The van der Waals surface area contributed by atoms with Gasteiger partial charge in [-0.3, -0.25) is 19.3 Å². The summed E-state index contributed by atoms with van der Waals surface area (Å²) in [6.45, 7) is 22.0. The molecule has 68 heavy (non-hydrogen) atoms. The molecule has 2 fully saturated rings. The van der Waals surface area contributed by atoms with Crippen molar-refractivity contribution in [1.29, 1.82) is 0 Å². The zero-order valence-corrected chi connectivity index (χ0v) is 45.1. The number of hydrogen-bond donors (Lipinski definition) is 5. The summed E-state index contributed by atoms with van der Waals surface area (Å²) in [6, 6.07) is 7.52. The van der Waals surface area contributed by atoms with E-state index in [2.05, 4.69) is 57.5 Å². The van der Waals surface area contributed by atoms with Crippen molar-refractivity contribution in [1.82, 2.24) is 25.3 Å². The number of rotatable bonds is 24. The molecule has 2 aliphatic heterocycles. The number of aliphatic hydroxyl groups is 1. The largest absolute Gasteiger partial charge is 0.479 e. The van der Waals surface area contributed by atoms with Crippen LogP contribution in [0.1, 0.15) is 120 Å². The van der Waals surface area contributed by atoms with E-state index < -0.39 is 24.5 Å². The van der Waals surface area contributed by atoms with Gasteiger partial charge in [-0.25, -0.2) is 4.79 Å². The van der Waals surface area contributed by atoms with E-state index in [9.17, 15) is 29.1 Å². The van der Waals surface area contributed by atoms with E-state index in [0.29, 0.717) is 24.7 Å². The van der Waals surface area contributed by atoms with Gasteiger partial charge in [-0.15, -0.1) is 0 Å². The molecule has 396 valence electrons. The summed E-state index contributed by atoms with van der Waals surface area (Å²) in [5.74, 6) is -0.0578. The molecule has 3 amide bonds. The number of carboxylic acids is 1. The maximum atomic E-state index is 13.3. The molecule has 10 atom stereocenters. The molecule has 1 aromatic rings. The highest BCUT2D eigenvalue weighted by molar-refractivity contribution is 5.79. The molecule has 2 heterocycles. The van der Waals surface area contributed by atoms with Crippen LogP contribution in [0.3, 0.4) is 0 Å². The van der Waals surface area contributed by atoms with Crippen molar-refractivity contribution >= 4 is 36.2 Å². The summed E-state index contributed by atoms with van der Waals surface area (Å²) in [7, 11) is 12.6. The first kappa shape index (κ1) is 66.4. The Morgan fingerprint density at radius 3 is 1.97 bits per heavy atom. The Kier molecular flexibility index (Phi) is 37.2. The van der Waals surface area contributed by atoms with Crippen LogP contribution in [0.15, 0.2) is 24.3 Å². The number of methoxy groups -OCH3 is 2. The normalized spacial score (nSPS) is 20.2. The minimum atomic E-state index is -1.13. The number of likely N-dealkylation sites (N-methyl/N-ethyl adjacent to an activating group) is 3. The highest BCUT2D eigenvalue weighted by Crippen LogP contribution is 2.29. The van der Waals surface area contributed by atoms with E-state index >= 15 is 0 Å². The molecule has 0 aromatic heterocycles. The Morgan fingerprint density at radius 1 is 0.941 bits per heavy atom. The fourth-order valence-corrected chi connectivity index (χ4v) is 8.21. The molecule has 0 aliphatic carbocycles. The second-order valence-electron chi connectivity index (χ2n) is 18.2. The molecule has 5 N–H and O–H groups in total. The summed E-state index contributed by atoms with van der Waals surface area (Å²) >= 11 is 0. The molecule has 17 heteroatoms. The summed E-state index contributed by atoms with van der Waals surface area (Å²) in [5, 5.41) is 27.4. The van der Waals surface area contributed by atoms with Gasteiger partial charge < -0.3 is 59.7 Å². The fraction of sp³-hybridized carbons (Fsp3) is 0.784. The Morgan fingerprint density at radius 2 is 1.54 bits per heavy atom. The van der Waals surface area contributed by atoms with Crippen LogP contribution in [0.2, 0.25) is 0 Å². The van der Waals surface area contributed by atoms with Gasteiger partial charge >= 0.3 is 5.97 Å². The Balaban J connectivity index is 0. The monoisotopic (exact) mass is 969 g/mol. The number of aldehydes is 1. The lowest BCUT2D eigenvalue weighted by molar-refractivity contribution is -0.223. The summed E-state index contributed by atoms with van der Waals surface area (Å²) < 4.78 is 22.4. The van der Waals surface area contributed by atoms with Gasteiger partial charge in [0.25, 0.3) is 0 Å². The van der Waals surface area contributed by atoms with Crippen molar-refractivity contribution in [2.24, 2.45) is 17.8 Å². The van der Waals surface area contributed by atoms with E-state index in [-0.39, 0.29) is 86.5 Å². The molecule has 0 radical (unpaired) electrons. The SMILES string of the molecule is CC.CC(C)C(C=O)N(C)C.CCC.CCC(C)C(C(CC(=O)N1CCCC1C(OC)C(C)C)OC)N(C)C(=O)CNC.CNc1ccc(CC(COC2CC(O)CC(C(=O)O)O2)NC=O)cc1. The molecule has 0 spiro atoms. The van der Waals surface area contributed by atoms with E-state index in [1.165, 1.54) is 6.42 Å². The molecule has 2 aliphatic rings. The minimum absolute atomic E-state index is 0.00519. The van der Waals surface area contributed by atoms with E-state index in [0.717, 1.165) is 43.3 Å². The lowest BCUT2D eigenvalue weighted by atomic mass is 9.90. The Labute approximate surface area is 411 Å². The molecule has 2 saturated heterocycles. The first-order chi connectivity index (χ1) is 32.2. The smallest absolute Gasteiger partial charge is 0.333 e. The molecule has 3 rings (SSSR count). The topological polar surface area (TPSA) is 209 Å². The third-order valence-electron chi connectivity index (χ3n) is 11.9. The van der Waals surface area contributed by atoms with Crippen molar-refractivity contribution in [3.63, 3.8) is 0 Å². The van der Waals surface area contributed by atoms with Crippen molar-refractivity contribution < 1.29 is 53.1 Å². The predicted molar refractivity (Wildman–Crippen MR) is 272 cm³/mol. The van der Waals surface area contributed by atoms with Gasteiger partial charge in [0.05, 0.1) is 62.1 Å². The third-order valence-corrected chi connectivity index (χ3v) is 11.9. The van der Waals surface area contributed by atoms with Crippen LogP contribution in [0, 0.1) is 17.8 Å². The number of carboxylic acid groups (broad SMARTS) is 1. The molecule has 17 nitrogen and oxygen atoms in total. The number of aliphatic hydroxyl groups excluding tert-OH is 1. The van der Waals surface area contributed by atoms with E-state index in [4.69, 9.17) is 24.1 Å². The molecule has 0 bridgehead atoms. The molecular formula is C51H96N6O11. The summed E-state index contributed by atoms with van der Waals surface area (Å²) in [4.78, 5) is 63.6. The molecular weight excluding hydrogens is 873 g/mol. The quantitative estimate of drug-likeness (QED) is 0.0787. The Hall–Kier alpha value is -3.71. The summed E-state index contributed by atoms with van der Waals surface area (Å²) in [6.07, 6.45) is 3.80. The zero-order valence-electron chi connectivity index (χ0n) is 45.1. The van der Waals surface area contributed by atoms with Gasteiger partial charge in [0, 0.05) is 53.4 Å². The summed E-state index contributed by atoms with van der Waals surface area (Å²) in [5.41, 5.74) is 2.01. The van der Waals surface area contributed by atoms with Crippen molar-refractivity contribution in [2.45, 2.75) is 175 Å². The predicted octanol–water partition coefficient (Wildman–Crippen LogP) is 5.71. The molecule has 1 aromatic carbocycles. The van der Waals surface area contributed by atoms with Crippen LogP contribution in [0.5, 0.6) is 0 Å². The van der Waals surface area contributed by atoms with Gasteiger partial charge in [-0.1, -0.05) is 94.2 Å². The first-order valence-corrected chi connectivity index (χ1v) is 24.8. The molecule has 10 unspecified atom stereocenters. The minimum Gasteiger partial charge on any atom is -0.479 e. The van der Waals surface area contributed by atoms with Gasteiger partial charge in [0.15, 0.2) is 12.4 Å². The number of ether oxygens (including phenoxy) is 4. The van der Waals surface area contributed by atoms with Crippen LogP contribution >= 0.6 is 0 Å².